The van der Waals surface area contributed by atoms with Gasteiger partial charge in [0.05, 0.1) is 5.69 Å². The van der Waals surface area contributed by atoms with E-state index in [2.05, 4.69) is 0 Å². The molecule has 0 spiro atoms. The van der Waals surface area contributed by atoms with Crippen LogP contribution in [-0.4, -0.2) is 0 Å². The molecule has 2 aromatic carbocycles. The Labute approximate surface area is 92.5 Å². The molecule has 3 heteroatoms. The quantitative estimate of drug-likeness (QED) is 0.729. The number of aryl methyl sites for hydroxylation is 1. The molecule has 16 heavy (non-hydrogen) atoms. The number of halogens is 2. The van der Waals surface area contributed by atoms with Crippen LogP contribution in [0, 0.1) is 18.6 Å². The monoisotopic (exact) mass is 219 g/mol. The predicted octanol–water partition coefficient (Wildman–Crippen LogP) is 3.52. The first-order valence-electron chi connectivity index (χ1n) is 4.89. The third-order valence-electron chi connectivity index (χ3n) is 2.51. The number of rotatable bonds is 1. The van der Waals surface area contributed by atoms with Crippen molar-refractivity contribution < 1.29 is 8.78 Å². The van der Waals surface area contributed by atoms with Crippen molar-refractivity contribution in [3.05, 3.63) is 53.6 Å². The molecule has 0 heterocycles. The Bertz CT molecular complexity index is 535. The molecule has 0 amide bonds. The molecule has 0 radical (unpaired) electrons. The Balaban J connectivity index is 2.58. The van der Waals surface area contributed by atoms with Crippen LogP contribution in [0.1, 0.15) is 5.56 Å². The van der Waals surface area contributed by atoms with Crippen LogP contribution in [0.4, 0.5) is 14.5 Å². The van der Waals surface area contributed by atoms with E-state index in [1.807, 2.05) is 6.92 Å². The van der Waals surface area contributed by atoms with Crippen molar-refractivity contribution in [3.8, 4) is 11.1 Å². The van der Waals surface area contributed by atoms with E-state index in [0.717, 1.165) is 5.56 Å². The maximum atomic E-state index is 13.3. The van der Waals surface area contributed by atoms with E-state index in [-0.39, 0.29) is 11.5 Å². The molecule has 0 bridgehead atoms. The molecule has 0 aliphatic rings. The van der Waals surface area contributed by atoms with Gasteiger partial charge >= 0.3 is 0 Å². The van der Waals surface area contributed by atoms with Crippen LogP contribution in [0.15, 0.2) is 36.4 Å². The second kappa shape index (κ2) is 3.93. The first-order chi connectivity index (χ1) is 7.58. The Hall–Kier alpha value is -1.90. The van der Waals surface area contributed by atoms with E-state index >= 15 is 0 Å². The molecule has 0 atom stereocenters. The van der Waals surface area contributed by atoms with Crippen LogP contribution in [0.2, 0.25) is 0 Å². The van der Waals surface area contributed by atoms with Gasteiger partial charge in [0, 0.05) is 0 Å². The largest absolute Gasteiger partial charge is 0.396 e. The Kier molecular flexibility index (Phi) is 2.60. The summed E-state index contributed by atoms with van der Waals surface area (Å²) in [7, 11) is 0. The molecule has 0 unspecified atom stereocenters. The topological polar surface area (TPSA) is 26.0 Å². The molecule has 0 saturated heterocycles. The van der Waals surface area contributed by atoms with Gasteiger partial charge in [-0.25, -0.2) is 8.78 Å². The maximum Gasteiger partial charge on any atom is 0.146 e. The number of hydrogen-bond donors (Lipinski definition) is 1. The summed E-state index contributed by atoms with van der Waals surface area (Å²) in [5.41, 5.74) is 7.68. The molecule has 2 rings (SSSR count). The zero-order valence-corrected chi connectivity index (χ0v) is 8.80. The third kappa shape index (κ3) is 1.89. The van der Waals surface area contributed by atoms with Crippen molar-refractivity contribution in [3.63, 3.8) is 0 Å². The molecule has 82 valence electrons. The van der Waals surface area contributed by atoms with Gasteiger partial charge in [-0.2, -0.15) is 0 Å². The fourth-order valence-electron chi connectivity index (χ4n) is 1.60. The molecular weight excluding hydrogens is 208 g/mol. The van der Waals surface area contributed by atoms with Crippen LogP contribution in [0.5, 0.6) is 0 Å². The fraction of sp³-hybridized carbons (Fsp3) is 0.0769. The van der Waals surface area contributed by atoms with E-state index in [0.29, 0.717) is 11.1 Å². The summed E-state index contributed by atoms with van der Waals surface area (Å²) in [5, 5.41) is 0. The van der Waals surface area contributed by atoms with E-state index in [1.54, 1.807) is 12.1 Å². The first kappa shape index (κ1) is 10.6. The molecule has 2 aromatic rings. The molecule has 0 aliphatic heterocycles. The van der Waals surface area contributed by atoms with Crippen LogP contribution < -0.4 is 5.73 Å². The lowest BCUT2D eigenvalue weighted by Gasteiger charge is -2.07. The highest BCUT2D eigenvalue weighted by Crippen LogP contribution is 2.26. The lowest BCUT2D eigenvalue weighted by Crippen LogP contribution is -1.92. The van der Waals surface area contributed by atoms with Crippen molar-refractivity contribution in [2.75, 3.05) is 5.73 Å². The average Bonchev–Trinajstić information content (AvgIpc) is 2.26. The van der Waals surface area contributed by atoms with Gasteiger partial charge in [0.1, 0.15) is 11.6 Å². The Morgan fingerprint density at radius 2 is 1.75 bits per heavy atom. The minimum Gasteiger partial charge on any atom is -0.396 e. The molecule has 0 fully saturated rings. The van der Waals surface area contributed by atoms with Crippen molar-refractivity contribution in [2.24, 2.45) is 0 Å². The van der Waals surface area contributed by atoms with Crippen molar-refractivity contribution >= 4 is 5.69 Å². The highest BCUT2D eigenvalue weighted by atomic mass is 19.1. The molecular formula is C13H11F2N. The van der Waals surface area contributed by atoms with Crippen molar-refractivity contribution in [1.29, 1.82) is 0 Å². The second-order valence-corrected chi connectivity index (χ2v) is 3.70. The average molecular weight is 219 g/mol. The third-order valence-corrected chi connectivity index (χ3v) is 2.51. The lowest BCUT2D eigenvalue weighted by atomic mass is 10.00. The zero-order valence-electron chi connectivity index (χ0n) is 8.80. The van der Waals surface area contributed by atoms with Gasteiger partial charge in [-0.3, -0.25) is 0 Å². The standard InChI is InChI=1S/C13H11F2N/c1-8-2-4-10(14)7-11(8)9-3-5-13(16)12(15)6-9/h2-7H,16H2,1H3. The van der Waals surface area contributed by atoms with Crippen molar-refractivity contribution in [1.82, 2.24) is 0 Å². The van der Waals surface area contributed by atoms with Crippen LogP contribution in [-0.2, 0) is 0 Å². The van der Waals surface area contributed by atoms with Gasteiger partial charge in [-0.05, 0) is 47.9 Å². The summed E-state index contributed by atoms with van der Waals surface area (Å²) in [5.74, 6) is -0.820. The number of nitrogen functional groups attached to an aromatic ring is 1. The molecule has 0 aromatic heterocycles. The highest BCUT2D eigenvalue weighted by Gasteiger charge is 2.06. The van der Waals surface area contributed by atoms with E-state index in [9.17, 15) is 8.78 Å². The smallest absolute Gasteiger partial charge is 0.146 e. The number of nitrogens with two attached hydrogens (primary N) is 1. The summed E-state index contributed by atoms with van der Waals surface area (Å²) in [6.07, 6.45) is 0. The van der Waals surface area contributed by atoms with Gasteiger partial charge < -0.3 is 5.73 Å². The highest BCUT2D eigenvalue weighted by molar-refractivity contribution is 5.69. The maximum absolute atomic E-state index is 13.3. The summed E-state index contributed by atoms with van der Waals surface area (Å²) < 4.78 is 26.4. The van der Waals surface area contributed by atoms with Crippen LogP contribution in [0.25, 0.3) is 11.1 Å². The molecule has 0 aliphatic carbocycles. The summed E-state index contributed by atoms with van der Waals surface area (Å²) in [4.78, 5) is 0. The summed E-state index contributed by atoms with van der Waals surface area (Å²) in [6, 6.07) is 8.91. The molecule has 1 nitrogen and oxygen atoms in total. The summed E-state index contributed by atoms with van der Waals surface area (Å²) >= 11 is 0. The van der Waals surface area contributed by atoms with E-state index < -0.39 is 5.82 Å². The predicted molar refractivity (Wildman–Crippen MR) is 60.9 cm³/mol. The van der Waals surface area contributed by atoms with Gasteiger partial charge in [0.2, 0.25) is 0 Å². The lowest BCUT2D eigenvalue weighted by molar-refractivity contribution is 0.627. The number of benzene rings is 2. The molecule has 2 N–H and O–H groups in total. The van der Waals surface area contributed by atoms with Crippen LogP contribution in [0.3, 0.4) is 0 Å². The SMILES string of the molecule is Cc1ccc(F)cc1-c1ccc(N)c(F)c1. The van der Waals surface area contributed by atoms with Gasteiger partial charge in [0.25, 0.3) is 0 Å². The van der Waals surface area contributed by atoms with Crippen molar-refractivity contribution in [2.45, 2.75) is 6.92 Å². The van der Waals surface area contributed by atoms with Crippen LogP contribution >= 0.6 is 0 Å². The minimum atomic E-state index is -0.485. The first-order valence-corrected chi connectivity index (χ1v) is 4.89. The number of anilines is 1. The number of hydrogen-bond acceptors (Lipinski definition) is 1. The van der Waals surface area contributed by atoms with Gasteiger partial charge in [-0.1, -0.05) is 12.1 Å². The summed E-state index contributed by atoms with van der Waals surface area (Å²) in [6.45, 7) is 1.85. The zero-order chi connectivity index (χ0) is 11.7. The minimum absolute atomic E-state index is 0.0952. The molecule has 0 saturated carbocycles. The second-order valence-electron chi connectivity index (χ2n) is 3.70. The Morgan fingerprint density at radius 3 is 2.44 bits per heavy atom. The fourth-order valence-corrected chi connectivity index (χ4v) is 1.60. The van der Waals surface area contributed by atoms with Gasteiger partial charge in [-0.15, -0.1) is 0 Å². The van der Waals surface area contributed by atoms with E-state index in [1.165, 1.54) is 24.3 Å². The normalized spacial score (nSPS) is 10.4. The Morgan fingerprint density at radius 1 is 1.00 bits per heavy atom. The van der Waals surface area contributed by atoms with Gasteiger partial charge in [0.15, 0.2) is 0 Å². The van der Waals surface area contributed by atoms with E-state index in [4.69, 9.17) is 5.73 Å².